The van der Waals surface area contributed by atoms with E-state index in [-0.39, 0.29) is 46.5 Å². The van der Waals surface area contributed by atoms with Crippen molar-refractivity contribution in [3.8, 4) is 17.3 Å². The van der Waals surface area contributed by atoms with Crippen LogP contribution in [0.15, 0.2) is 42.9 Å². The molecule has 0 spiro atoms. The zero-order valence-electron chi connectivity index (χ0n) is 19.0. The van der Waals surface area contributed by atoms with Crippen LogP contribution in [-0.2, 0) is 23.9 Å². The number of carbonyl (C=O) groups is 1. The van der Waals surface area contributed by atoms with Crippen molar-refractivity contribution in [2.24, 2.45) is 5.73 Å². The molecule has 3 heterocycles. The smallest absolute Gasteiger partial charge is 0.433 e. The lowest BCUT2D eigenvalue weighted by Crippen LogP contribution is -2.15. The van der Waals surface area contributed by atoms with Gasteiger partial charge in [0.15, 0.2) is 11.2 Å². The lowest BCUT2D eigenvalue weighted by molar-refractivity contribution is -0.141. The van der Waals surface area contributed by atoms with E-state index < -0.39 is 17.8 Å². The third kappa shape index (κ3) is 4.70. The molecule has 36 heavy (non-hydrogen) atoms. The van der Waals surface area contributed by atoms with E-state index in [1.165, 1.54) is 23.0 Å². The van der Waals surface area contributed by atoms with Crippen molar-refractivity contribution in [3.05, 3.63) is 64.7 Å². The van der Waals surface area contributed by atoms with Crippen molar-refractivity contribution < 1.29 is 22.7 Å². The highest BCUT2D eigenvalue weighted by molar-refractivity contribution is 6.33. The van der Waals surface area contributed by atoms with E-state index in [1.807, 2.05) is 6.92 Å². The zero-order chi connectivity index (χ0) is 25.7. The Bertz CT molecular complexity index is 1480. The van der Waals surface area contributed by atoms with Gasteiger partial charge < -0.3 is 15.0 Å². The number of hydrogen-bond donors (Lipinski definition) is 1. The van der Waals surface area contributed by atoms with Crippen molar-refractivity contribution in [3.63, 3.8) is 0 Å². The number of alkyl halides is 3. The van der Waals surface area contributed by atoms with E-state index in [4.69, 9.17) is 22.1 Å². The number of rotatable bonds is 7. The van der Waals surface area contributed by atoms with Crippen LogP contribution in [-0.4, -0.2) is 36.0 Å². The lowest BCUT2D eigenvalue weighted by atomic mass is 10.1. The predicted molar refractivity (Wildman–Crippen MR) is 125 cm³/mol. The summed E-state index contributed by atoms with van der Waals surface area (Å²) in [6.45, 7) is 1.71. The average molecular weight is 517 g/mol. The van der Waals surface area contributed by atoms with Gasteiger partial charge in [0.1, 0.15) is 23.4 Å². The third-order valence-electron chi connectivity index (χ3n) is 5.94. The molecule has 5 rings (SSSR count). The molecule has 1 aromatic carbocycles. The minimum atomic E-state index is -4.65. The summed E-state index contributed by atoms with van der Waals surface area (Å²) >= 11 is 6.54. The second kappa shape index (κ2) is 8.74. The van der Waals surface area contributed by atoms with Gasteiger partial charge in [-0.05, 0) is 43.5 Å². The van der Waals surface area contributed by atoms with Crippen LogP contribution < -0.4 is 10.5 Å². The first-order valence-electron chi connectivity index (χ1n) is 11.0. The van der Waals surface area contributed by atoms with Crippen molar-refractivity contribution in [2.75, 3.05) is 0 Å². The van der Waals surface area contributed by atoms with Crippen LogP contribution >= 0.6 is 11.6 Å². The summed E-state index contributed by atoms with van der Waals surface area (Å²) in [7, 11) is 0. The average Bonchev–Trinajstić information content (AvgIpc) is 3.41. The number of fused-ring (bicyclic) bond motifs is 1. The standard InChI is InChI=1S/C24H20ClF3N6O2/c1-23(6-7-23)36-22-18-21(31-12-32-22)34(11-14-3-2-8-30-19(14)24(26,27)28)20(33-18)15-5-4-13(9-16(15)25)10-17(29)35/h2-5,8-9,12H,6-7,10-11H2,1H3,(H2,29,35). The summed E-state index contributed by atoms with van der Waals surface area (Å²) in [5, 5.41) is 0.247. The highest BCUT2D eigenvalue weighted by atomic mass is 35.5. The normalized spacial score (nSPS) is 14.7. The molecule has 186 valence electrons. The first-order valence-corrected chi connectivity index (χ1v) is 11.4. The summed E-state index contributed by atoms with van der Waals surface area (Å²) in [5.74, 6) is -0.0134. The number of benzene rings is 1. The van der Waals surface area contributed by atoms with Crippen LogP contribution in [0.1, 0.15) is 36.6 Å². The molecule has 1 aliphatic rings. The number of hydrogen-bond acceptors (Lipinski definition) is 6. The van der Waals surface area contributed by atoms with E-state index in [9.17, 15) is 18.0 Å². The molecule has 0 bridgehead atoms. The molecule has 1 amide bonds. The number of carbonyl (C=O) groups excluding carboxylic acids is 1. The van der Waals surface area contributed by atoms with E-state index >= 15 is 0 Å². The topological polar surface area (TPSA) is 109 Å². The molecular weight excluding hydrogens is 497 g/mol. The molecule has 0 atom stereocenters. The number of imidazole rings is 1. The highest BCUT2D eigenvalue weighted by Crippen LogP contribution is 2.41. The summed E-state index contributed by atoms with van der Waals surface area (Å²) < 4.78 is 48.7. The Morgan fingerprint density at radius 2 is 2.00 bits per heavy atom. The summed E-state index contributed by atoms with van der Waals surface area (Å²) in [6.07, 6.45) is -0.573. The number of primary amides is 1. The minimum absolute atomic E-state index is 0.0108. The predicted octanol–water partition coefficient (Wildman–Crippen LogP) is 4.57. The van der Waals surface area contributed by atoms with Gasteiger partial charge in [0.05, 0.1) is 18.0 Å². The maximum atomic E-state index is 13.7. The molecule has 1 aliphatic carbocycles. The van der Waals surface area contributed by atoms with Crippen molar-refractivity contribution in [2.45, 2.75) is 44.5 Å². The third-order valence-corrected chi connectivity index (χ3v) is 6.25. The van der Waals surface area contributed by atoms with Gasteiger partial charge in [0, 0.05) is 17.3 Å². The molecule has 3 aromatic heterocycles. The Balaban J connectivity index is 1.69. The number of nitrogens with two attached hydrogens (primary N) is 1. The van der Waals surface area contributed by atoms with Crippen LogP contribution in [0, 0.1) is 0 Å². The second-order valence-electron chi connectivity index (χ2n) is 8.89. The van der Waals surface area contributed by atoms with Gasteiger partial charge in [-0.1, -0.05) is 23.7 Å². The molecule has 12 heteroatoms. The fourth-order valence-corrected chi connectivity index (χ4v) is 4.19. The molecule has 1 fully saturated rings. The summed E-state index contributed by atoms with van der Waals surface area (Å²) in [5.41, 5.74) is 5.46. The number of pyridine rings is 1. The second-order valence-corrected chi connectivity index (χ2v) is 9.30. The van der Waals surface area contributed by atoms with E-state index in [1.54, 1.807) is 18.2 Å². The molecule has 0 radical (unpaired) electrons. The Labute approximate surface area is 208 Å². The summed E-state index contributed by atoms with van der Waals surface area (Å²) in [6, 6.07) is 7.67. The van der Waals surface area contributed by atoms with Crippen molar-refractivity contribution >= 4 is 28.7 Å². The number of aromatic nitrogens is 5. The van der Waals surface area contributed by atoms with Crippen molar-refractivity contribution in [1.82, 2.24) is 24.5 Å². The number of nitrogens with zero attached hydrogens (tertiary/aromatic N) is 5. The first kappa shape index (κ1) is 24.0. The molecular formula is C24H20ClF3N6O2. The van der Waals surface area contributed by atoms with Crippen LogP contribution in [0.4, 0.5) is 13.2 Å². The monoisotopic (exact) mass is 516 g/mol. The number of halogens is 4. The van der Waals surface area contributed by atoms with Gasteiger partial charge in [-0.15, -0.1) is 0 Å². The van der Waals surface area contributed by atoms with Crippen LogP contribution in [0.5, 0.6) is 5.88 Å². The quantitative estimate of drug-likeness (QED) is 0.385. The maximum absolute atomic E-state index is 13.7. The Morgan fingerprint density at radius 3 is 2.67 bits per heavy atom. The SMILES string of the molecule is CC1(Oc2ncnc3c2nc(-c2ccc(CC(N)=O)cc2Cl)n3Cc2cccnc2C(F)(F)F)CC1. The van der Waals surface area contributed by atoms with Gasteiger partial charge in [0.25, 0.3) is 0 Å². The van der Waals surface area contributed by atoms with Crippen LogP contribution in [0.25, 0.3) is 22.6 Å². The molecule has 0 unspecified atom stereocenters. The van der Waals surface area contributed by atoms with Gasteiger partial charge in [-0.2, -0.15) is 18.2 Å². The number of ether oxygens (including phenoxy) is 1. The largest absolute Gasteiger partial charge is 0.470 e. The first-order chi connectivity index (χ1) is 17.0. The van der Waals surface area contributed by atoms with Gasteiger partial charge >= 0.3 is 6.18 Å². The molecule has 0 saturated heterocycles. The Kier molecular flexibility index (Phi) is 5.82. The van der Waals surface area contributed by atoms with E-state index in [2.05, 4.69) is 19.9 Å². The van der Waals surface area contributed by atoms with Crippen LogP contribution in [0.3, 0.4) is 0 Å². The Morgan fingerprint density at radius 1 is 1.22 bits per heavy atom. The fraction of sp³-hybridized carbons (Fsp3) is 0.292. The van der Waals surface area contributed by atoms with Gasteiger partial charge in [-0.3, -0.25) is 9.78 Å². The van der Waals surface area contributed by atoms with Gasteiger partial charge in [0.2, 0.25) is 11.8 Å². The molecule has 4 aromatic rings. The molecule has 2 N–H and O–H groups in total. The maximum Gasteiger partial charge on any atom is 0.433 e. The number of amides is 1. The van der Waals surface area contributed by atoms with E-state index in [0.29, 0.717) is 16.6 Å². The van der Waals surface area contributed by atoms with Gasteiger partial charge in [-0.25, -0.2) is 9.97 Å². The lowest BCUT2D eigenvalue weighted by Gasteiger charge is -2.15. The molecule has 1 saturated carbocycles. The molecule has 0 aliphatic heterocycles. The van der Waals surface area contributed by atoms with E-state index in [0.717, 1.165) is 19.0 Å². The Hall–Kier alpha value is -3.73. The fourth-order valence-electron chi connectivity index (χ4n) is 3.90. The zero-order valence-corrected chi connectivity index (χ0v) is 19.8. The molecule has 8 nitrogen and oxygen atoms in total. The summed E-state index contributed by atoms with van der Waals surface area (Å²) in [4.78, 5) is 28.1. The highest BCUT2D eigenvalue weighted by Gasteiger charge is 2.41. The van der Waals surface area contributed by atoms with Crippen LogP contribution in [0.2, 0.25) is 5.02 Å². The van der Waals surface area contributed by atoms with Crippen molar-refractivity contribution in [1.29, 1.82) is 0 Å². The minimum Gasteiger partial charge on any atom is -0.470 e.